The van der Waals surface area contributed by atoms with Gasteiger partial charge in [-0.2, -0.15) is 0 Å². The summed E-state index contributed by atoms with van der Waals surface area (Å²) in [4.78, 5) is 27.6. The van der Waals surface area contributed by atoms with Crippen LogP contribution in [0.1, 0.15) is 35.2 Å². The molecule has 2 heterocycles. The Morgan fingerprint density at radius 2 is 2.00 bits per heavy atom. The highest BCUT2D eigenvalue weighted by Crippen LogP contribution is 2.20. The molecule has 0 bridgehead atoms. The van der Waals surface area contributed by atoms with Crippen molar-refractivity contribution in [2.24, 2.45) is 0 Å². The van der Waals surface area contributed by atoms with E-state index in [2.05, 4.69) is 14.9 Å². The van der Waals surface area contributed by atoms with Gasteiger partial charge in [0.25, 0.3) is 0 Å². The monoisotopic (exact) mass is 419 g/mol. The lowest BCUT2D eigenvalue weighted by Gasteiger charge is -2.12. The number of ether oxygens (including phenoxy) is 1. The number of esters is 1. The Bertz CT molecular complexity index is 1140. The summed E-state index contributed by atoms with van der Waals surface area (Å²) in [7, 11) is -3.86. The maximum absolute atomic E-state index is 12.6. The van der Waals surface area contributed by atoms with E-state index in [4.69, 9.17) is 9.26 Å². The minimum Gasteiger partial charge on any atom is -0.454 e. The van der Waals surface area contributed by atoms with Crippen molar-refractivity contribution >= 4 is 32.7 Å². The van der Waals surface area contributed by atoms with E-state index in [1.54, 1.807) is 12.3 Å². The lowest BCUT2D eigenvalue weighted by atomic mass is 10.1. The quantitative estimate of drug-likeness (QED) is 0.423. The zero-order valence-corrected chi connectivity index (χ0v) is 17.0. The molecule has 0 aliphatic heterocycles. The molecule has 154 valence electrons. The van der Waals surface area contributed by atoms with Crippen LogP contribution in [-0.4, -0.2) is 43.0 Å². The largest absolute Gasteiger partial charge is 0.454 e. The van der Waals surface area contributed by atoms with Crippen LogP contribution in [0.25, 0.3) is 10.9 Å². The van der Waals surface area contributed by atoms with Crippen LogP contribution in [0.15, 0.2) is 39.9 Å². The second-order valence-electron chi connectivity index (χ2n) is 6.55. The average Bonchev–Trinajstić information content (AvgIpc) is 3.24. The van der Waals surface area contributed by atoms with Crippen LogP contribution in [0, 0.1) is 13.8 Å². The Morgan fingerprint density at radius 1 is 1.28 bits per heavy atom. The fourth-order valence-corrected chi connectivity index (χ4v) is 4.38. The van der Waals surface area contributed by atoms with Crippen LogP contribution in [0.4, 0.5) is 0 Å². The smallest absolute Gasteiger partial charge is 0.307 e. The zero-order valence-electron chi connectivity index (χ0n) is 16.2. The van der Waals surface area contributed by atoms with Crippen LogP contribution in [-0.2, 0) is 19.6 Å². The molecule has 1 aromatic carbocycles. The SMILES string of the molecule is Cc1noc(C)c1S(=O)(=O)NCCC(=O)O[C@@H](C)C(=O)c1c[nH]c2ccccc12. The number of para-hydroxylation sites is 1. The van der Waals surface area contributed by atoms with Gasteiger partial charge in [0.15, 0.2) is 11.9 Å². The van der Waals surface area contributed by atoms with Crippen molar-refractivity contribution in [2.45, 2.75) is 38.2 Å². The van der Waals surface area contributed by atoms with Gasteiger partial charge < -0.3 is 14.2 Å². The number of carbonyl (C=O) groups excluding carboxylic acids is 2. The molecule has 3 rings (SSSR count). The van der Waals surface area contributed by atoms with E-state index >= 15 is 0 Å². The van der Waals surface area contributed by atoms with E-state index in [-0.39, 0.29) is 35.1 Å². The highest BCUT2D eigenvalue weighted by Gasteiger charge is 2.25. The van der Waals surface area contributed by atoms with Crippen molar-refractivity contribution < 1.29 is 27.3 Å². The van der Waals surface area contributed by atoms with E-state index in [1.165, 1.54) is 20.8 Å². The zero-order chi connectivity index (χ0) is 21.2. The second-order valence-corrected chi connectivity index (χ2v) is 8.25. The number of aromatic nitrogens is 2. The van der Waals surface area contributed by atoms with Gasteiger partial charge in [-0.1, -0.05) is 23.4 Å². The third-order valence-corrected chi connectivity index (χ3v) is 6.09. The van der Waals surface area contributed by atoms with Gasteiger partial charge in [-0.3, -0.25) is 9.59 Å². The summed E-state index contributed by atoms with van der Waals surface area (Å²) in [5.41, 5.74) is 1.47. The molecule has 0 amide bonds. The van der Waals surface area contributed by atoms with Gasteiger partial charge in [0.1, 0.15) is 10.6 Å². The number of aromatic amines is 1. The first-order valence-electron chi connectivity index (χ1n) is 8.93. The van der Waals surface area contributed by atoms with Crippen molar-refractivity contribution in [1.82, 2.24) is 14.9 Å². The number of sulfonamides is 1. The van der Waals surface area contributed by atoms with Crippen molar-refractivity contribution in [3.05, 3.63) is 47.5 Å². The van der Waals surface area contributed by atoms with Gasteiger partial charge in [0, 0.05) is 29.2 Å². The molecule has 0 radical (unpaired) electrons. The Hall–Kier alpha value is -2.98. The van der Waals surface area contributed by atoms with Crippen molar-refractivity contribution in [2.75, 3.05) is 6.54 Å². The van der Waals surface area contributed by atoms with Gasteiger partial charge in [0.2, 0.25) is 15.8 Å². The molecule has 0 spiro atoms. The van der Waals surface area contributed by atoms with Gasteiger partial charge in [-0.05, 0) is 26.8 Å². The molecule has 3 aromatic rings. The molecular formula is C19H21N3O6S. The van der Waals surface area contributed by atoms with Gasteiger partial charge in [-0.15, -0.1) is 0 Å². The number of carbonyl (C=O) groups is 2. The van der Waals surface area contributed by atoms with Crippen LogP contribution >= 0.6 is 0 Å². The molecule has 29 heavy (non-hydrogen) atoms. The predicted molar refractivity (Wildman–Crippen MR) is 104 cm³/mol. The van der Waals surface area contributed by atoms with E-state index in [9.17, 15) is 18.0 Å². The summed E-state index contributed by atoms with van der Waals surface area (Å²) < 4.78 is 36.9. The van der Waals surface area contributed by atoms with Crippen molar-refractivity contribution in [1.29, 1.82) is 0 Å². The summed E-state index contributed by atoms with van der Waals surface area (Å²) in [6.07, 6.45) is 0.351. The number of hydrogen-bond donors (Lipinski definition) is 2. The number of nitrogens with zero attached hydrogens (tertiary/aromatic N) is 1. The summed E-state index contributed by atoms with van der Waals surface area (Å²) in [5, 5.41) is 4.35. The molecule has 0 unspecified atom stereocenters. The first-order chi connectivity index (χ1) is 13.7. The fourth-order valence-electron chi connectivity index (χ4n) is 3.02. The Labute approximate surface area is 167 Å². The van der Waals surface area contributed by atoms with Crippen molar-refractivity contribution in [3.63, 3.8) is 0 Å². The minimum atomic E-state index is -3.86. The number of rotatable bonds is 8. The predicted octanol–water partition coefficient (Wildman–Crippen LogP) is 2.26. The summed E-state index contributed by atoms with van der Waals surface area (Å²) in [6.45, 7) is 4.30. The number of nitrogens with one attached hydrogen (secondary N) is 2. The Balaban J connectivity index is 1.56. The molecule has 1 atom stereocenters. The summed E-state index contributed by atoms with van der Waals surface area (Å²) >= 11 is 0. The van der Waals surface area contributed by atoms with E-state index in [1.807, 2.05) is 18.2 Å². The molecule has 10 heteroatoms. The molecular weight excluding hydrogens is 398 g/mol. The van der Waals surface area contributed by atoms with E-state index < -0.39 is 22.1 Å². The van der Waals surface area contributed by atoms with Crippen LogP contribution < -0.4 is 4.72 Å². The van der Waals surface area contributed by atoms with E-state index in [0.29, 0.717) is 5.56 Å². The van der Waals surface area contributed by atoms with Gasteiger partial charge in [0.05, 0.1) is 6.42 Å². The fraction of sp³-hybridized carbons (Fsp3) is 0.316. The van der Waals surface area contributed by atoms with Crippen LogP contribution in [0.2, 0.25) is 0 Å². The van der Waals surface area contributed by atoms with Crippen LogP contribution in [0.5, 0.6) is 0 Å². The molecule has 0 saturated carbocycles. The minimum absolute atomic E-state index is 0.0475. The van der Waals surface area contributed by atoms with Gasteiger partial charge >= 0.3 is 5.97 Å². The molecule has 9 nitrogen and oxygen atoms in total. The van der Waals surface area contributed by atoms with Crippen LogP contribution in [0.3, 0.4) is 0 Å². The Morgan fingerprint density at radius 3 is 2.69 bits per heavy atom. The average molecular weight is 419 g/mol. The normalized spacial score (nSPS) is 12.8. The molecule has 0 saturated heterocycles. The standard InChI is InChI=1S/C19H21N3O6S/c1-11-19(13(3)28-22-11)29(25,26)21-9-8-17(23)27-12(2)18(24)15-10-20-16-7-5-4-6-14(15)16/h4-7,10,12,20-21H,8-9H2,1-3H3/t12-/m0/s1. The molecule has 2 N–H and O–H groups in total. The van der Waals surface area contributed by atoms with Gasteiger partial charge in [-0.25, -0.2) is 13.1 Å². The Kier molecular flexibility index (Phi) is 5.85. The lowest BCUT2D eigenvalue weighted by molar-refractivity contribution is -0.146. The third-order valence-electron chi connectivity index (χ3n) is 4.39. The molecule has 2 aromatic heterocycles. The molecule has 0 fully saturated rings. The third kappa shape index (κ3) is 4.38. The number of H-pyrrole nitrogens is 1. The van der Waals surface area contributed by atoms with E-state index in [0.717, 1.165) is 10.9 Å². The summed E-state index contributed by atoms with van der Waals surface area (Å²) in [6, 6.07) is 7.31. The van der Waals surface area contributed by atoms with Crippen molar-refractivity contribution in [3.8, 4) is 0 Å². The highest BCUT2D eigenvalue weighted by atomic mass is 32.2. The lowest BCUT2D eigenvalue weighted by Crippen LogP contribution is -2.29. The number of benzene rings is 1. The maximum Gasteiger partial charge on any atom is 0.307 e. The maximum atomic E-state index is 12.6. The number of fused-ring (bicyclic) bond motifs is 1. The topological polar surface area (TPSA) is 131 Å². The molecule has 0 aliphatic rings. The number of ketones is 1. The second kappa shape index (κ2) is 8.18. The summed E-state index contributed by atoms with van der Waals surface area (Å²) in [5.74, 6) is -0.866. The highest BCUT2D eigenvalue weighted by molar-refractivity contribution is 7.89. The number of Topliss-reactive ketones (excluding diaryl/α,β-unsaturated/α-hetero) is 1. The molecule has 0 aliphatic carbocycles. The first kappa shape index (κ1) is 20.7. The number of hydrogen-bond acceptors (Lipinski definition) is 7. The first-order valence-corrected chi connectivity index (χ1v) is 10.4. The number of aryl methyl sites for hydroxylation is 2.